The third-order valence-corrected chi connectivity index (χ3v) is 8.67. The summed E-state index contributed by atoms with van der Waals surface area (Å²) in [5, 5.41) is 5.98. The van der Waals surface area contributed by atoms with Crippen molar-refractivity contribution in [2.45, 2.75) is 91.1 Å². The number of allylic oxidation sites excluding steroid dienone is 10. The van der Waals surface area contributed by atoms with Crippen LogP contribution in [0.25, 0.3) is 0 Å². The van der Waals surface area contributed by atoms with Gasteiger partial charge in [-0.3, -0.25) is 9.59 Å². The van der Waals surface area contributed by atoms with Gasteiger partial charge in [0.2, 0.25) is 11.8 Å². The van der Waals surface area contributed by atoms with E-state index in [0.29, 0.717) is 26.1 Å². The van der Waals surface area contributed by atoms with E-state index in [1.165, 1.54) is 0 Å². The molecule has 0 saturated heterocycles. The van der Waals surface area contributed by atoms with Crippen molar-refractivity contribution in [3.05, 3.63) is 60.8 Å². The van der Waals surface area contributed by atoms with Crippen molar-refractivity contribution in [2.24, 2.45) is 5.41 Å². The second-order valence-electron chi connectivity index (χ2n) is 10.6. The fourth-order valence-electron chi connectivity index (χ4n) is 4.01. The van der Waals surface area contributed by atoms with Crippen LogP contribution in [0.5, 0.6) is 0 Å². The molecule has 2 amide bonds. The van der Waals surface area contributed by atoms with Gasteiger partial charge in [-0.1, -0.05) is 103 Å². The van der Waals surface area contributed by atoms with E-state index in [4.69, 9.17) is 9.47 Å². The normalized spacial score (nSPS) is 13.4. The first-order chi connectivity index (χ1) is 20.4. The first-order valence-electron chi connectivity index (χ1n) is 15.4. The number of hydrogen-bond donors (Lipinski definition) is 2. The molecule has 1 atom stereocenters. The molecule has 2 N–H and O–H groups in total. The van der Waals surface area contributed by atoms with Gasteiger partial charge in [0.05, 0.1) is 6.61 Å². The molecular formula is C34H58N2O4S2. The molecule has 0 aromatic rings. The fraction of sp³-hybridized carbons (Fsp3) is 0.647. The zero-order valence-corrected chi connectivity index (χ0v) is 28.5. The second kappa shape index (κ2) is 29.3. The molecule has 42 heavy (non-hydrogen) atoms. The lowest BCUT2D eigenvalue weighted by molar-refractivity contribution is -0.140. The summed E-state index contributed by atoms with van der Waals surface area (Å²) >= 11 is 0. The minimum atomic E-state index is -0.532. The summed E-state index contributed by atoms with van der Waals surface area (Å²) < 4.78 is 10.6. The van der Waals surface area contributed by atoms with Gasteiger partial charge in [0, 0.05) is 50.7 Å². The van der Waals surface area contributed by atoms with Crippen LogP contribution in [0.1, 0.15) is 85.0 Å². The first-order valence-corrected chi connectivity index (χ1v) is 17.9. The SMILES string of the molecule is CC/C=C\C/C=C\C/C=C\C/C=C\C/C=C\CCCC(=O)NCCSSCCCCNC(=O)[C@H](OC)C(C)(C)COC. The number of unbranched alkanes of at least 4 members (excludes halogenated alkanes) is 2. The van der Waals surface area contributed by atoms with Crippen LogP contribution in [0.3, 0.4) is 0 Å². The molecule has 0 heterocycles. The van der Waals surface area contributed by atoms with Gasteiger partial charge < -0.3 is 20.1 Å². The lowest BCUT2D eigenvalue weighted by Crippen LogP contribution is -2.47. The maximum atomic E-state index is 12.4. The molecule has 8 heteroatoms. The van der Waals surface area contributed by atoms with Crippen molar-refractivity contribution in [2.75, 3.05) is 45.4 Å². The minimum absolute atomic E-state index is 0.0878. The Hall–Kier alpha value is -1.74. The molecule has 0 rings (SSSR count). The Morgan fingerprint density at radius 1 is 0.738 bits per heavy atom. The van der Waals surface area contributed by atoms with Crippen LogP contribution >= 0.6 is 21.6 Å². The minimum Gasteiger partial charge on any atom is -0.384 e. The quantitative estimate of drug-likeness (QED) is 0.0549. The van der Waals surface area contributed by atoms with E-state index in [9.17, 15) is 9.59 Å². The zero-order chi connectivity index (χ0) is 31.2. The Morgan fingerprint density at radius 2 is 1.31 bits per heavy atom. The van der Waals surface area contributed by atoms with Crippen molar-refractivity contribution in [3.63, 3.8) is 0 Å². The highest BCUT2D eigenvalue weighted by atomic mass is 33.1. The molecule has 0 bridgehead atoms. The number of rotatable bonds is 27. The monoisotopic (exact) mass is 622 g/mol. The second-order valence-corrected chi connectivity index (χ2v) is 13.3. The van der Waals surface area contributed by atoms with Crippen LogP contribution < -0.4 is 10.6 Å². The molecular weight excluding hydrogens is 565 g/mol. The summed E-state index contributed by atoms with van der Waals surface area (Å²) in [5.41, 5.74) is -0.383. The van der Waals surface area contributed by atoms with Crippen LogP contribution in [-0.2, 0) is 19.1 Å². The van der Waals surface area contributed by atoms with E-state index in [-0.39, 0.29) is 17.2 Å². The van der Waals surface area contributed by atoms with Gasteiger partial charge in [-0.2, -0.15) is 0 Å². The molecule has 0 saturated carbocycles. The number of methoxy groups -OCH3 is 2. The summed E-state index contributed by atoms with van der Waals surface area (Å²) in [7, 11) is 6.79. The molecule has 0 aliphatic rings. The summed E-state index contributed by atoms with van der Waals surface area (Å²) in [5.74, 6) is 1.96. The van der Waals surface area contributed by atoms with Gasteiger partial charge in [-0.25, -0.2) is 0 Å². The largest absolute Gasteiger partial charge is 0.384 e. The fourth-order valence-corrected chi connectivity index (χ4v) is 6.06. The van der Waals surface area contributed by atoms with E-state index in [0.717, 1.165) is 69.3 Å². The van der Waals surface area contributed by atoms with E-state index >= 15 is 0 Å². The Kier molecular flexibility index (Phi) is 28.1. The molecule has 0 aromatic carbocycles. The third-order valence-electron chi connectivity index (χ3n) is 6.18. The maximum Gasteiger partial charge on any atom is 0.249 e. The number of amides is 2. The zero-order valence-electron chi connectivity index (χ0n) is 26.9. The van der Waals surface area contributed by atoms with Crippen LogP contribution in [0, 0.1) is 5.41 Å². The van der Waals surface area contributed by atoms with Gasteiger partial charge >= 0.3 is 0 Å². The summed E-state index contributed by atoms with van der Waals surface area (Å²) in [4.78, 5) is 24.4. The topological polar surface area (TPSA) is 76.7 Å². The lowest BCUT2D eigenvalue weighted by atomic mass is 9.86. The van der Waals surface area contributed by atoms with Gasteiger partial charge in [0.1, 0.15) is 6.10 Å². The van der Waals surface area contributed by atoms with E-state index in [1.807, 2.05) is 24.6 Å². The molecule has 0 aliphatic heterocycles. The Morgan fingerprint density at radius 3 is 1.88 bits per heavy atom. The molecule has 0 radical (unpaired) electrons. The molecule has 0 aromatic heterocycles. The molecule has 6 nitrogen and oxygen atoms in total. The average Bonchev–Trinajstić information content (AvgIpc) is 2.95. The van der Waals surface area contributed by atoms with Gasteiger partial charge in [0.15, 0.2) is 0 Å². The van der Waals surface area contributed by atoms with Gasteiger partial charge in [0.25, 0.3) is 0 Å². The summed E-state index contributed by atoms with van der Waals surface area (Å²) in [6.45, 7) is 7.88. The Bertz CT molecular complexity index is 822. The van der Waals surface area contributed by atoms with E-state index < -0.39 is 6.10 Å². The predicted molar refractivity (Wildman–Crippen MR) is 185 cm³/mol. The summed E-state index contributed by atoms with van der Waals surface area (Å²) in [6.07, 6.45) is 30.8. The lowest BCUT2D eigenvalue weighted by Gasteiger charge is -2.31. The van der Waals surface area contributed by atoms with Gasteiger partial charge in [-0.15, -0.1) is 0 Å². The van der Waals surface area contributed by atoms with E-state index in [2.05, 4.69) is 78.3 Å². The van der Waals surface area contributed by atoms with Crippen LogP contribution in [0.15, 0.2) is 60.8 Å². The maximum absolute atomic E-state index is 12.4. The van der Waals surface area contributed by atoms with Crippen molar-refractivity contribution in [1.82, 2.24) is 10.6 Å². The molecule has 0 fully saturated rings. The smallest absolute Gasteiger partial charge is 0.249 e. The van der Waals surface area contributed by atoms with Crippen molar-refractivity contribution < 1.29 is 19.1 Å². The molecule has 240 valence electrons. The molecule has 0 spiro atoms. The van der Waals surface area contributed by atoms with Crippen molar-refractivity contribution in [1.29, 1.82) is 0 Å². The van der Waals surface area contributed by atoms with Crippen LogP contribution in [0.2, 0.25) is 0 Å². The molecule has 0 aliphatic carbocycles. The molecule has 0 unspecified atom stereocenters. The van der Waals surface area contributed by atoms with Crippen molar-refractivity contribution in [3.8, 4) is 0 Å². The highest BCUT2D eigenvalue weighted by Gasteiger charge is 2.35. The third kappa shape index (κ3) is 24.8. The highest BCUT2D eigenvalue weighted by molar-refractivity contribution is 8.76. The van der Waals surface area contributed by atoms with E-state index in [1.54, 1.807) is 25.0 Å². The summed E-state index contributed by atoms with van der Waals surface area (Å²) in [6, 6.07) is 0. The number of carbonyl (C=O) groups is 2. The Balaban J connectivity index is 3.61. The number of carbonyl (C=O) groups excluding carboxylic acids is 2. The number of hydrogen-bond acceptors (Lipinski definition) is 6. The highest BCUT2D eigenvalue weighted by Crippen LogP contribution is 2.24. The Labute approximate surface area is 265 Å². The first kappa shape index (κ1) is 40.3. The predicted octanol–water partition coefficient (Wildman–Crippen LogP) is 7.99. The number of ether oxygens (including phenoxy) is 2. The van der Waals surface area contributed by atoms with Crippen molar-refractivity contribution >= 4 is 33.4 Å². The van der Waals surface area contributed by atoms with Crippen LogP contribution in [-0.4, -0.2) is 63.3 Å². The average molecular weight is 623 g/mol. The van der Waals surface area contributed by atoms with Gasteiger partial charge in [-0.05, 0) is 57.8 Å². The number of nitrogens with one attached hydrogen (secondary N) is 2. The van der Waals surface area contributed by atoms with Crippen LogP contribution in [0.4, 0.5) is 0 Å². The standard InChI is InChI=1S/C34H58N2O4S2/c1-6-7-8-9-10-11-12-13-14-15-16-17-18-19-20-21-22-25-31(37)35-27-29-42-41-28-24-23-26-36-33(38)32(40-5)34(2,3)30-39-4/h7-8,10-11,13-14,16-17,19-20,32H,6,9,12,15,18,21-30H2,1-5H3,(H,35,37)(H,36,38)/b8-7-,11-10-,14-13-,17-16-,20-19-/t32-/m0/s1.